The van der Waals surface area contributed by atoms with E-state index >= 15 is 0 Å². The smallest absolute Gasteiger partial charge is 0.254 e. The highest BCUT2D eigenvalue weighted by Crippen LogP contribution is 2.35. The van der Waals surface area contributed by atoms with Crippen LogP contribution in [0.15, 0.2) is 36.7 Å². The minimum Gasteiger partial charge on any atom is -0.333 e. The standard InChI is InChI=1S/C19H19N5O2/c1-22-12-15(11-21-22)24-17-7-8-23(16(17)5-6-18(24)25)19(26)14-4-2-3-13(9-14)10-20/h2-4,9,11-12,16-17H,5-8H2,1H3/t16-,17-/m1/s1. The number of nitrogens with zero attached hydrogens (tertiary/aromatic N) is 5. The lowest BCUT2D eigenvalue weighted by atomic mass is 9.95. The fourth-order valence-electron chi connectivity index (χ4n) is 4.07. The Morgan fingerprint density at radius 3 is 2.88 bits per heavy atom. The number of carbonyl (C=O) groups is 2. The number of nitriles is 1. The molecule has 3 heterocycles. The number of piperidine rings is 1. The van der Waals surface area contributed by atoms with E-state index in [1.54, 1.807) is 40.0 Å². The largest absolute Gasteiger partial charge is 0.333 e. The fraction of sp³-hybridized carbons (Fsp3) is 0.368. The van der Waals surface area contributed by atoms with E-state index in [-0.39, 0.29) is 23.9 Å². The van der Waals surface area contributed by atoms with Gasteiger partial charge in [-0.2, -0.15) is 10.4 Å². The summed E-state index contributed by atoms with van der Waals surface area (Å²) < 4.78 is 1.68. The molecule has 1 aromatic heterocycles. The van der Waals surface area contributed by atoms with Crippen molar-refractivity contribution in [2.45, 2.75) is 31.3 Å². The number of benzene rings is 1. The molecule has 7 nitrogen and oxygen atoms in total. The molecule has 0 saturated carbocycles. The van der Waals surface area contributed by atoms with E-state index in [1.165, 1.54) is 0 Å². The summed E-state index contributed by atoms with van der Waals surface area (Å²) in [5.74, 6) is 0.00936. The maximum Gasteiger partial charge on any atom is 0.254 e. The second-order valence-electron chi connectivity index (χ2n) is 6.79. The number of anilines is 1. The number of hydrogen-bond acceptors (Lipinski definition) is 4. The van der Waals surface area contributed by atoms with Crippen molar-refractivity contribution in [3.63, 3.8) is 0 Å². The first-order valence-electron chi connectivity index (χ1n) is 8.70. The van der Waals surface area contributed by atoms with E-state index in [2.05, 4.69) is 11.2 Å². The first-order chi connectivity index (χ1) is 12.6. The van der Waals surface area contributed by atoms with Gasteiger partial charge in [0.15, 0.2) is 0 Å². The molecule has 4 rings (SSSR count). The number of carbonyl (C=O) groups excluding carboxylic acids is 2. The van der Waals surface area contributed by atoms with Gasteiger partial charge in [0.1, 0.15) is 0 Å². The predicted octanol–water partition coefficient (Wildman–Crippen LogP) is 1.70. The third-order valence-corrected chi connectivity index (χ3v) is 5.23. The fourth-order valence-corrected chi connectivity index (χ4v) is 4.07. The summed E-state index contributed by atoms with van der Waals surface area (Å²) in [5, 5.41) is 13.2. The molecule has 1 aromatic carbocycles. The number of rotatable bonds is 2. The minimum absolute atomic E-state index is 0.00820. The molecule has 0 N–H and O–H groups in total. The van der Waals surface area contributed by atoms with Crippen LogP contribution in [-0.4, -0.2) is 45.1 Å². The molecule has 0 unspecified atom stereocenters. The van der Waals surface area contributed by atoms with Crippen LogP contribution in [0.1, 0.15) is 35.2 Å². The average molecular weight is 349 g/mol. The van der Waals surface area contributed by atoms with Crippen LogP contribution in [-0.2, 0) is 11.8 Å². The van der Waals surface area contributed by atoms with E-state index in [0.717, 1.165) is 12.1 Å². The van der Waals surface area contributed by atoms with Crippen LogP contribution in [0.3, 0.4) is 0 Å². The zero-order valence-corrected chi connectivity index (χ0v) is 14.5. The lowest BCUT2D eigenvalue weighted by Crippen LogP contribution is -2.53. The van der Waals surface area contributed by atoms with Crippen LogP contribution < -0.4 is 4.90 Å². The van der Waals surface area contributed by atoms with Gasteiger partial charge < -0.3 is 9.80 Å². The number of fused-ring (bicyclic) bond motifs is 1. The third kappa shape index (κ3) is 2.64. The molecule has 7 heteroatoms. The molecular weight excluding hydrogens is 330 g/mol. The molecule has 2 saturated heterocycles. The molecule has 0 bridgehead atoms. The molecule has 2 atom stereocenters. The van der Waals surface area contributed by atoms with E-state index in [1.807, 2.05) is 18.1 Å². The van der Waals surface area contributed by atoms with Crippen LogP contribution in [0.25, 0.3) is 0 Å². The third-order valence-electron chi connectivity index (χ3n) is 5.23. The Kier molecular flexibility index (Phi) is 3.96. The van der Waals surface area contributed by atoms with Gasteiger partial charge in [-0.25, -0.2) is 0 Å². The minimum atomic E-state index is -0.0740. The number of aromatic nitrogens is 2. The van der Waals surface area contributed by atoms with Crippen molar-refractivity contribution in [1.29, 1.82) is 5.26 Å². The van der Waals surface area contributed by atoms with Crippen molar-refractivity contribution in [2.75, 3.05) is 11.4 Å². The van der Waals surface area contributed by atoms with Crippen LogP contribution in [0, 0.1) is 11.3 Å². The summed E-state index contributed by atoms with van der Waals surface area (Å²) in [6.45, 7) is 0.606. The molecular formula is C19H19N5O2. The lowest BCUT2D eigenvalue weighted by Gasteiger charge is -2.39. The van der Waals surface area contributed by atoms with Crippen molar-refractivity contribution in [3.05, 3.63) is 47.8 Å². The maximum atomic E-state index is 13.0. The van der Waals surface area contributed by atoms with Crippen molar-refractivity contribution in [2.24, 2.45) is 7.05 Å². The van der Waals surface area contributed by atoms with E-state index in [4.69, 9.17) is 5.26 Å². The van der Waals surface area contributed by atoms with Gasteiger partial charge in [-0.1, -0.05) is 6.07 Å². The molecule has 0 aliphatic carbocycles. The molecule has 2 fully saturated rings. The summed E-state index contributed by atoms with van der Waals surface area (Å²) >= 11 is 0. The number of hydrogen-bond donors (Lipinski definition) is 0. The molecule has 26 heavy (non-hydrogen) atoms. The van der Waals surface area contributed by atoms with Crippen LogP contribution in [0.5, 0.6) is 0 Å². The second-order valence-corrected chi connectivity index (χ2v) is 6.79. The van der Waals surface area contributed by atoms with Crippen LogP contribution in [0.2, 0.25) is 0 Å². The van der Waals surface area contributed by atoms with Gasteiger partial charge in [0.25, 0.3) is 5.91 Å². The average Bonchev–Trinajstić information content (AvgIpc) is 3.27. The lowest BCUT2D eigenvalue weighted by molar-refractivity contribution is -0.120. The quantitative estimate of drug-likeness (QED) is 0.826. The summed E-state index contributed by atoms with van der Waals surface area (Å²) in [4.78, 5) is 29.2. The molecule has 0 radical (unpaired) electrons. The molecule has 2 aliphatic rings. The Labute approximate surface area is 151 Å². The summed E-state index contributed by atoms with van der Waals surface area (Å²) in [6.07, 6.45) is 5.36. The summed E-state index contributed by atoms with van der Waals surface area (Å²) in [7, 11) is 1.82. The summed E-state index contributed by atoms with van der Waals surface area (Å²) in [6, 6.07) is 8.82. The Hall–Kier alpha value is -3.14. The second kappa shape index (κ2) is 6.30. The van der Waals surface area contributed by atoms with E-state index in [9.17, 15) is 9.59 Å². The first-order valence-corrected chi connectivity index (χ1v) is 8.70. The maximum absolute atomic E-state index is 13.0. The number of amides is 2. The molecule has 2 amide bonds. The van der Waals surface area contributed by atoms with Gasteiger partial charge in [0, 0.05) is 31.8 Å². The zero-order chi connectivity index (χ0) is 18.3. The topological polar surface area (TPSA) is 82.2 Å². The van der Waals surface area contributed by atoms with Crippen molar-refractivity contribution >= 4 is 17.5 Å². The normalized spacial score (nSPS) is 22.2. The Morgan fingerprint density at radius 2 is 2.15 bits per heavy atom. The van der Waals surface area contributed by atoms with Crippen LogP contribution >= 0.6 is 0 Å². The van der Waals surface area contributed by atoms with E-state index < -0.39 is 0 Å². The molecule has 2 aliphatic heterocycles. The highest BCUT2D eigenvalue weighted by molar-refractivity contribution is 5.97. The van der Waals surface area contributed by atoms with Crippen molar-refractivity contribution < 1.29 is 9.59 Å². The van der Waals surface area contributed by atoms with E-state index in [0.29, 0.717) is 30.5 Å². The van der Waals surface area contributed by atoms with Gasteiger partial charge in [0.2, 0.25) is 5.91 Å². The van der Waals surface area contributed by atoms with Gasteiger partial charge in [-0.3, -0.25) is 14.3 Å². The van der Waals surface area contributed by atoms with Gasteiger partial charge in [-0.15, -0.1) is 0 Å². The molecule has 0 spiro atoms. The Bertz CT molecular complexity index is 913. The van der Waals surface area contributed by atoms with Crippen LogP contribution in [0.4, 0.5) is 5.69 Å². The monoisotopic (exact) mass is 349 g/mol. The van der Waals surface area contributed by atoms with Crippen molar-refractivity contribution in [1.82, 2.24) is 14.7 Å². The molecule has 2 aromatic rings. The number of aryl methyl sites for hydroxylation is 1. The SMILES string of the molecule is Cn1cc(N2C(=O)CC[C@@H]3[C@H]2CCN3C(=O)c2cccc(C#N)c2)cn1. The van der Waals surface area contributed by atoms with Gasteiger partial charge in [-0.05, 0) is 31.0 Å². The van der Waals surface area contributed by atoms with Gasteiger partial charge in [0.05, 0.1) is 35.6 Å². The summed E-state index contributed by atoms with van der Waals surface area (Å²) in [5.41, 5.74) is 1.78. The Morgan fingerprint density at radius 1 is 1.31 bits per heavy atom. The zero-order valence-electron chi connectivity index (χ0n) is 14.5. The highest BCUT2D eigenvalue weighted by atomic mass is 16.2. The Balaban J connectivity index is 1.61. The first kappa shape index (κ1) is 16.3. The van der Waals surface area contributed by atoms with Crippen molar-refractivity contribution in [3.8, 4) is 6.07 Å². The highest BCUT2D eigenvalue weighted by Gasteiger charge is 2.45. The number of likely N-dealkylation sites (tertiary alicyclic amines) is 1. The van der Waals surface area contributed by atoms with Gasteiger partial charge >= 0.3 is 0 Å². The molecule has 132 valence electrons. The predicted molar refractivity (Wildman–Crippen MR) is 94.3 cm³/mol.